The molecule has 0 bridgehead atoms. The fourth-order valence-electron chi connectivity index (χ4n) is 6.53. The lowest BCUT2D eigenvalue weighted by Gasteiger charge is -2.16. The lowest BCUT2D eigenvalue weighted by atomic mass is 9.93. The maximum atomic E-state index is 5.27. The van der Waals surface area contributed by atoms with E-state index in [0.717, 1.165) is 66.6 Å². The monoisotopic (exact) mass is 548 g/mol. The molecule has 9 aromatic rings. The first-order valence-corrected chi connectivity index (χ1v) is 14.5. The summed E-state index contributed by atoms with van der Waals surface area (Å²) in [5.41, 5.74) is 7.95. The zero-order valence-electron chi connectivity index (χ0n) is 23.1. The van der Waals surface area contributed by atoms with Crippen LogP contribution in [0.4, 0.5) is 0 Å². The van der Waals surface area contributed by atoms with Crippen molar-refractivity contribution in [3.8, 4) is 28.3 Å². The van der Waals surface area contributed by atoms with E-state index in [1.165, 1.54) is 16.2 Å². The van der Waals surface area contributed by atoms with Gasteiger partial charge in [-0.1, -0.05) is 91.0 Å². The number of para-hydroxylation sites is 4. The lowest BCUT2D eigenvalue weighted by Crippen LogP contribution is -1.99. The Labute approximate surface area is 247 Å². The molecule has 0 atom stereocenters. The Hall–Kier alpha value is -5.87. The van der Waals surface area contributed by atoms with Crippen LogP contribution in [0.3, 0.4) is 0 Å². The van der Waals surface area contributed by atoms with Crippen molar-refractivity contribution in [2.75, 3.05) is 0 Å². The summed E-state index contributed by atoms with van der Waals surface area (Å²) in [6.45, 7) is 0. The number of benzene rings is 6. The molecule has 0 unspecified atom stereocenters. The summed E-state index contributed by atoms with van der Waals surface area (Å²) >= 11 is 0. The molecule has 0 N–H and O–H groups in total. The minimum atomic E-state index is 0.888. The molecule has 0 saturated carbocycles. The van der Waals surface area contributed by atoms with Crippen molar-refractivity contribution in [3.63, 3.8) is 0 Å². The number of fused-ring (bicyclic) bond motifs is 7. The van der Waals surface area contributed by atoms with Gasteiger partial charge in [0.05, 0.1) is 27.8 Å². The topological polar surface area (TPSA) is 43.6 Å². The number of rotatable bonds is 3. The Morgan fingerprint density at radius 1 is 0.465 bits per heavy atom. The second-order valence-corrected chi connectivity index (χ2v) is 10.8. The maximum absolute atomic E-state index is 5.27. The fourth-order valence-corrected chi connectivity index (χ4v) is 6.53. The van der Waals surface area contributed by atoms with Gasteiger partial charge in [-0.15, -0.1) is 0 Å². The zero-order chi connectivity index (χ0) is 28.3. The molecule has 0 amide bonds. The summed E-state index contributed by atoms with van der Waals surface area (Å²) in [5, 5.41) is 6.98. The normalized spacial score (nSPS) is 11.7. The number of aromatic nitrogens is 4. The predicted molar refractivity (Wildman–Crippen MR) is 178 cm³/mol. The van der Waals surface area contributed by atoms with Crippen LogP contribution in [0.2, 0.25) is 0 Å². The first-order chi connectivity index (χ1) is 21.3. The van der Waals surface area contributed by atoms with Crippen LogP contribution in [0.1, 0.15) is 0 Å². The predicted octanol–water partition coefficient (Wildman–Crippen LogP) is 9.76. The number of nitrogens with zero attached hydrogens (tertiary/aromatic N) is 4. The second-order valence-electron chi connectivity index (χ2n) is 10.8. The van der Waals surface area contributed by atoms with Crippen molar-refractivity contribution in [1.82, 2.24) is 19.5 Å². The minimum absolute atomic E-state index is 0.888. The summed E-state index contributed by atoms with van der Waals surface area (Å²) in [4.78, 5) is 15.4. The van der Waals surface area contributed by atoms with Crippen molar-refractivity contribution >= 4 is 54.4 Å². The third kappa shape index (κ3) is 3.60. The first-order valence-electron chi connectivity index (χ1n) is 14.5. The van der Waals surface area contributed by atoms with Gasteiger partial charge in [0.2, 0.25) is 0 Å². The van der Waals surface area contributed by atoms with Gasteiger partial charge >= 0.3 is 0 Å². The van der Waals surface area contributed by atoms with E-state index in [4.69, 9.17) is 15.0 Å². The smallest absolute Gasteiger partial charge is 0.146 e. The highest BCUT2D eigenvalue weighted by atomic mass is 15.1. The Kier molecular flexibility index (Phi) is 5.16. The quantitative estimate of drug-likeness (QED) is 0.206. The van der Waals surface area contributed by atoms with Crippen molar-refractivity contribution in [1.29, 1.82) is 0 Å². The molecule has 0 fully saturated rings. The molecule has 0 aliphatic heterocycles. The lowest BCUT2D eigenvalue weighted by molar-refractivity contribution is 1.10. The van der Waals surface area contributed by atoms with E-state index in [1.807, 2.05) is 24.4 Å². The van der Waals surface area contributed by atoms with E-state index in [9.17, 15) is 0 Å². The molecule has 4 heteroatoms. The van der Waals surface area contributed by atoms with Crippen molar-refractivity contribution < 1.29 is 0 Å². The van der Waals surface area contributed by atoms with E-state index in [1.54, 1.807) is 0 Å². The number of hydrogen-bond donors (Lipinski definition) is 0. The van der Waals surface area contributed by atoms with Gasteiger partial charge in [-0.2, -0.15) is 0 Å². The largest absolute Gasteiger partial charge is 0.292 e. The van der Waals surface area contributed by atoms with Gasteiger partial charge in [0.15, 0.2) is 0 Å². The third-order valence-corrected chi connectivity index (χ3v) is 8.43. The fraction of sp³-hybridized carbons (Fsp3) is 0. The molecule has 0 spiro atoms. The molecule has 3 heterocycles. The van der Waals surface area contributed by atoms with Gasteiger partial charge in [-0.3, -0.25) is 9.55 Å². The number of hydrogen-bond acceptors (Lipinski definition) is 3. The van der Waals surface area contributed by atoms with Crippen LogP contribution in [0, 0.1) is 0 Å². The minimum Gasteiger partial charge on any atom is -0.292 e. The molecular weight excluding hydrogens is 524 g/mol. The highest BCUT2D eigenvalue weighted by Gasteiger charge is 2.20. The van der Waals surface area contributed by atoms with Crippen molar-refractivity contribution in [3.05, 3.63) is 146 Å². The molecule has 9 rings (SSSR count). The van der Waals surface area contributed by atoms with E-state index < -0.39 is 0 Å². The van der Waals surface area contributed by atoms with Gasteiger partial charge in [0.1, 0.15) is 5.82 Å². The summed E-state index contributed by atoms with van der Waals surface area (Å²) in [7, 11) is 0. The van der Waals surface area contributed by atoms with Crippen LogP contribution >= 0.6 is 0 Å². The van der Waals surface area contributed by atoms with Gasteiger partial charge in [-0.05, 0) is 59.3 Å². The maximum Gasteiger partial charge on any atom is 0.146 e. The number of pyridine rings is 2. The van der Waals surface area contributed by atoms with Crippen molar-refractivity contribution in [2.24, 2.45) is 0 Å². The van der Waals surface area contributed by atoms with Crippen LogP contribution in [-0.2, 0) is 0 Å². The summed E-state index contributed by atoms with van der Waals surface area (Å²) in [5.74, 6) is 0.888. The van der Waals surface area contributed by atoms with Crippen LogP contribution in [0.15, 0.2) is 146 Å². The molecule has 4 nitrogen and oxygen atoms in total. The molecule has 200 valence electrons. The van der Waals surface area contributed by atoms with Gasteiger partial charge in [0.25, 0.3) is 0 Å². The van der Waals surface area contributed by atoms with Crippen molar-refractivity contribution in [2.45, 2.75) is 0 Å². The van der Waals surface area contributed by atoms with Gasteiger partial charge in [0, 0.05) is 44.6 Å². The standard InChI is InChI=1S/C39H24N4/c1-2-12-26(13-3-1)43-35-19-9-8-18-34(35)42-39(43)29-22-23-32(37-28(29)16-10-24-40-37)38-31-21-20-25-11-4-5-14-27(25)36(31)30-15-6-7-17-33(30)41-38/h1-24H. The van der Waals surface area contributed by atoms with E-state index in [0.29, 0.717) is 0 Å². The summed E-state index contributed by atoms with van der Waals surface area (Å²) in [6.07, 6.45) is 1.87. The highest BCUT2D eigenvalue weighted by Crippen LogP contribution is 2.41. The molecule has 6 aromatic carbocycles. The molecular formula is C39H24N4. The Morgan fingerprint density at radius 3 is 2.09 bits per heavy atom. The Balaban J connectivity index is 1.37. The van der Waals surface area contributed by atoms with E-state index >= 15 is 0 Å². The summed E-state index contributed by atoms with van der Waals surface area (Å²) < 4.78 is 2.24. The number of imidazole rings is 1. The molecule has 3 aromatic heterocycles. The highest BCUT2D eigenvalue weighted by molar-refractivity contribution is 6.23. The molecule has 0 radical (unpaired) electrons. The average Bonchev–Trinajstić information content (AvgIpc) is 3.47. The molecule has 0 aliphatic rings. The van der Waals surface area contributed by atoms with Crippen LogP contribution < -0.4 is 0 Å². The Morgan fingerprint density at radius 2 is 1.19 bits per heavy atom. The van der Waals surface area contributed by atoms with E-state index in [2.05, 4.69) is 126 Å². The SMILES string of the molecule is c1ccc(-n2c(-c3ccc(-c4nc5ccccc5c5c4ccc4ccccc45)c4ncccc34)nc3ccccc32)cc1. The van der Waals surface area contributed by atoms with Crippen LogP contribution in [0.5, 0.6) is 0 Å². The van der Waals surface area contributed by atoms with E-state index in [-0.39, 0.29) is 0 Å². The molecule has 43 heavy (non-hydrogen) atoms. The summed E-state index contributed by atoms with van der Waals surface area (Å²) in [6, 6.07) is 48.7. The first kappa shape index (κ1) is 23.8. The zero-order valence-corrected chi connectivity index (χ0v) is 23.1. The molecule has 0 aliphatic carbocycles. The van der Waals surface area contributed by atoms with Crippen LogP contribution in [-0.4, -0.2) is 19.5 Å². The van der Waals surface area contributed by atoms with Crippen LogP contribution in [0.25, 0.3) is 82.7 Å². The third-order valence-electron chi connectivity index (χ3n) is 8.43. The second kappa shape index (κ2) is 9.33. The Bertz CT molecular complexity index is 2500. The molecule has 0 saturated heterocycles. The average molecular weight is 549 g/mol. The van der Waals surface area contributed by atoms with Gasteiger partial charge < -0.3 is 0 Å². The van der Waals surface area contributed by atoms with Gasteiger partial charge in [-0.25, -0.2) is 9.97 Å².